The van der Waals surface area contributed by atoms with Crippen LogP contribution in [0.5, 0.6) is 0 Å². The number of ether oxygens (including phenoxy) is 2. The number of halogens is 3. The SMILES string of the molecule is COC(=O)[C@H]([C@H](OC(=O)C(F)(F)F)c1ccccc1)[C@H]1CCC=C1Sc1ccc(C)cc1. The van der Waals surface area contributed by atoms with Crippen LogP contribution < -0.4 is 0 Å². The number of benzene rings is 2. The van der Waals surface area contributed by atoms with Crippen LogP contribution in [0.1, 0.15) is 30.1 Å². The summed E-state index contributed by atoms with van der Waals surface area (Å²) in [6, 6.07) is 15.8. The van der Waals surface area contributed by atoms with Gasteiger partial charge in [-0.15, -0.1) is 0 Å². The van der Waals surface area contributed by atoms with Gasteiger partial charge in [-0.3, -0.25) is 4.79 Å². The molecule has 0 bridgehead atoms. The topological polar surface area (TPSA) is 52.6 Å². The van der Waals surface area contributed by atoms with E-state index in [1.54, 1.807) is 18.2 Å². The fourth-order valence-corrected chi connectivity index (χ4v) is 4.88. The van der Waals surface area contributed by atoms with Crippen molar-refractivity contribution in [2.45, 2.75) is 36.9 Å². The van der Waals surface area contributed by atoms with Gasteiger partial charge < -0.3 is 9.47 Å². The summed E-state index contributed by atoms with van der Waals surface area (Å²) in [6.45, 7) is 1.97. The quantitative estimate of drug-likeness (QED) is 0.469. The standard InChI is InChI=1S/C24H23F3O4S/c1-15-11-13-17(14-12-15)32-19-10-6-9-18(19)20(22(28)30-2)21(16-7-4-3-5-8-16)31-23(29)24(25,26)27/h3-5,7-8,10-14,18,20-21H,6,9H2,1-2H3/t18-,20-,21+/m0/s1. The summed E-state index contributed by atoms with van der Waals surface area (Å²) in [6.07, 6.45) is -3.47. The number of carbonyl (C=O) groups excluding carboxylic acids is 2. The van der Waals surface area contributed by atoms with Gasteiger partial charge in [0.25, 0.3) is 0 Å². The van der Waals surface area contributed by atoms with Crippen molar-refractivity contribution in [3.63, 3.8) is 0 Å². The molecule has 0 spiro atoms. The average molecular weight is 465 g/mol. The first kappa shape index (κ1) is 23.9. The molecule has 0 radical (unpaired) electrons. The number of methoxy groups -OCH3 is 1. The number of allylic oxidation sites excluding steroid dienone is 2. The van der Waals surface area contributed by atoms with E-state index in [2.05, 4.69) is 0 Å². The minimum Gasteiger partial charge on any atom is -0.469 e. The van der Waals surface area contributed by atoms with Gasteiger partial charge in [0.05, 0.1) is 7.11 Å². The van der Waals surface area contributed by atoms with Crippen LogP contribution in [0.15, 0.2) is 70.5 Å². The Hall–Kier alpha value is -2.74. The van der Waals surface area contributed by atoms with E-state index in [1.165, 1.54) is 31.0 Å². The Morgan fingerprint density at radius 3 is 2.31 bits per heavy atom. The largest absolute Gasteiger partial charge is 0.490 e. The molecule has 2 aromatic carbocycles. The number of hydrogen-bond donors (Lipinski definition) is 0. The van der Waals surface area contributed by atoms with E-state index in [0.717, 1.165) is 15.4 Å². The molecule has 0 aliphatic heterocycles. The number of esters is 2. The molecule has 0 amide bonds. The first-order chi connectivity index (χ1) is 15.2. The zero-order chi connectivity index (χ0) is 23.3. The van der Waals surface area contributed by atoms with E-state index in [0.29, 0.717) is 18.4 Å². The fraction of sp³-hybridized carbons (Fsp3) is 0.333. The number of aryl methyl sites for hydroxylation is 1. The van der Waals surface area contributed by atoms with Gasteiger partial charge in [-0.2, -0.15) is 13.2 Å². The van der Waals surface area contributed by atoms with Crippen molar-refractivity contribution in [1.29, 1.82) is 0 Å². The minimum atomic E-state index is -5.18. The first-order valence-corrected chi connectivity index (χ1v) is 10.9. The van der Waals surface area contributed by atoms with Gasteiger partial charge in [0.2, 0.25) is 0 Å². The van der Waals surface area contributed by atoms with Gasteiger partial charge >= 0.3 is 18.1 Å². The summed E-state index contributed by atoms with van der Waals surface area (Å²) < 4.78 is 49.0. The van der Waals surface area contributed by atoms with E-state index in [1.807, 2.05) is 37.3 Å². The molecule has 0 saturated carbocycles. The van der Waals surface area contributed by atoms with Gasteiger partial charge in [0, 0.05) is 10.8 Å². The van der Waals surface area contributed by atoms with Crippen molar-refractivity contribution < 1.29 is 32.2 Å². The van der Waals surface area contributed by atoms with Crippen LogP contribution >= 0.6 is 11.8 Å². The highest BCUT2D eigenvalue weighted by atomic mass is 32.2. The third kappa shape index (κ3) is 5.73. The van der Waals surface area contributed by atoms with Gasteiger partial charge in [0.1, 0.15) is 12.0 Å². The van der Waals surface area contributed by atoms with Crippen LogP contribution in [0.2, 0.25) is 0 Å². The Bertz CT molecular complexity index is 971. The summed E-state index contributed by atoms with van der Waals surface area (Å²) in [4.78, 5) is 26.4. The third-order valence-electron chi connectivity index (χ3n) is 5.27. The lowest BCUT2D eigenvalue weighted by atomic mass is 9.83. The molecule has 0 heterocycles. The van der Waals surface area contributed by atoms with Crippen LogP contribution in [0.3, 0.4) is 0 Å². The summed E-state index contributed by atoms with van der Waals surface area (Å²) >= 11 is 1.45. The van der Waals surface area contributed by atoms with Crippen molar-refractivity contribution in [3.05, 3.63) is 76.7 Å². The molecule has 3 rings (SSSR count). The van der Waals surface area contributed by atoms with E-state index >= 15 is 0 Å². The Morgan fingerprint density at radius 1 is 1.06 bits per heavy atom. The molecule has 0 unspecified atom stereocenters. The second-order valence-electron chi connectivity index (χ2n) is 7.49. The lowest BCUT2D eigenvalue weighted by Gasteiger charge is -2.31. The first-order valence-electron chi connectivity index (χ1n) is 10.1. The predicted molar refractivity (Wildman–Crippen MR) is 115 cm³/mol. The molecule has 0 saturated heterocycles. The van der Waals surface area contributed by atoms with Crippen LogP contribution in [-0.4, -0.2) is 25.2 Å². The molecule has 0 fully saturated rings. The number of rotatable bonds is 7. The van der Waals surface area contributed by atoms with E-state index in [-0.39, 0.29) is 0 Å². The maximum absolute atomic E-state index is 13.0. The van der Waals surface area contributed by atoms with Gasteiger partial charge in [-0.05, 0) is 42.4 Å². The summed E-state index contributed by atoms with van der Waals surface area (Å²) in [5.74, 6) is -4.65. The van der Waals surface area contributed by atoms with Gasteiger partial charge in [0.15, 0.2) is 0 Å². The molecule has 8 heteroatoms. The van der Waals surface area contributed by atoms with Crippen LogP contribution in [0.25, 0.3) is 0 Å². The maximum atomic E-state index is 13.0. The van der Waals surface area contributed by atoms with Crippen molar-refractivity contribution in [1.82, 2.24) is 0 Å². The molecule has 1 aliphatic carbocycles. The van der Waals surface area contributed by atoms with Crippen LogP contribution in [-0.2, 0) is 19.1 Å². The number of alkyl halides is 3. The van der Waals surface area contributed by atoms with E-state index in [9.17, 15) is 22.8 Å². The molecular formula is C24H23F3O4S. The molecule has 1 aliphatic rings. The highest BCUT2D eigenvalue weighted by Gasteiger charge is 2.47. The predicted octanol–water partition coefficient (Wildman–Crippen LogP) is 6.02. The molecule has 4 nitrogen and oxygen atoms in total. The second-order valence-corrected chi connectivity index (χ2v) is 8.64. The van der Waals surface area contributed by atoms with Crippen molar-refractivity contribution in [3.8, 4) is 0 Å². The van der Waals surface area contributed by atoms with E-state index < -0.39 is 36.1 Å². The third-order valence-corrected chi connectivity index (χ3v) is 6.48. The molecule has 32 heavy (non-hydrogen) atoms. The van der Waals surface area contributed by atoms with Crippen molar-refractivity contribution in [2.75, 3.05) is 7.11 Å². The summed E-state index contributed by atoms with van der Waals surface area (Å²) in [7, 11) is 1.18. The lowest BCUT2D eigenvalue weighted by molar-refractivity contribution is -0.209. The number of thioether (sulfide) groups is 1. The maximum Gasteiger partial charge on any atom is 0.490 e. The molecule has 3 atom stereocenters. The fourth-order valence-electron chi connectivity index (χ4n) is 3.72. The number of carbonyl (C=O) groups is 2. The molecule has 0 aromatic heterocycles. The smallest absolute Gasteiger partial charge is 0.469 e. The average Bonchev–Trinajstić information content (AvgIpc) is 3.22. The summed E-state index contributed by atoms with van der Waals surface area (Å²) in [5, 5.41) is 0. The molecular weight excluding hydrogens is 441 g/mol. The monoisotopic (exact) mass is 464 g/mol. The molecule has 2 aromatic rings. The van der Waals surface area contributed by atoms with Gasteiger partial charge in [-0.25, -0.2) is 4.79 Å². The highest BCUT2D eigenvalue weighted by molar-refractivity contribution is 8.03. The zero-order valence-corrected chi connectivity index (χ0v) is 18.4. The summed E-state index contributed by atoms with van der Waals surface area (Å²) in [5.41, 5.74) is 1.40. The molecule has 170 valence electrons. The molecule has 0 N–H and O–H groups in total. The normalized spacial score (nSPS) is 17.9. The highest BCUT2D eigenvalue weighted by Crippen LogP contribution is 2.47. The van der Waals surface area contributed by atoms with Crippen LogP contribution in [0, 0.1) is 18.8 Å². The Kier molecular flexibility index (Phi) is 7.66. The minimum absolute atomic E-state index is 0.298. The second kappa shape index (κ2) is 10.3. The Labute approximate surface area is 188 Å². The van der Waals surface area contributed by atoms with Crippen LogP contribution in [0.4, 0.5) is 13.2 Å². The zero-order valence-electron chi connectivity index (χ0n) is 17.6. The van der Waals surface area contributed by atoms with Crippen molar-refractivity contribution >= 4 is 23.7 Å². The van der Waals surface area contributed by atoms with Crippen molar-refractivity contribution in [2.24, 2.45) is 11.8 Å². The Balaban J connectivity index is 1.97. The lowest BCUT2D eigenvalue weighted by Crippen LogP contribution is -2.36. The number of hydrogen-bond acceptors (Lipinski definition) is 5. The van der Waals surface area contributed by atoms with E-state index in [4.69, 9.17) is 9.47 Å². The Morgan fingerprint density at radius 2 is 1.72 bits per heavy atom. The van der Waals surface area contributed by atoms with Gasteiger partial charge in [-0.1, -0.05) is 65.9 Å².